The number of amides is 4. The van der Waals surface area contributed by atoms with E-state index in [1.165, 1.54) is 12.2 Å². The third kappa shape index (κ3) is 28.5. The van der Waals surface area contributed by atoms with E-state index in [0.717, 1.165) is 17.7 Å². The molecular weight excluding hydrogens is 678 g/mol. The summed E-state index contributed by atoms with van der Waals surface area (Å²) in [6, 6.07) is 0. The minimum absolute atomic E-state index is 0.00366. The summed E-state index contributed by atoms with van der Waals surface area (Å²) in [4.78, 5) is 76.1. The van der Waals surface area contributed by atoms with Gasteiger partial charge in [-0.2, -0.15) is 11.0 Å². The summed E-state index contributed by atoms with van der Waals surface area (Å²) in [7, 11) is 0. The van der Waals surface area contributed by atoms with E-state index in [2.05, 4.69) is 21.6 Å². The predicted octanol–water partition coefficient (Wildman–Crippen LogP) is 2.34. The maximum absolute atomic E-state index is 12.3. The summed E-state index contributed by atoms with van der Waals surface area (Å²) < 4.78 is 17.7. The standard InChI is InChI=1S/C34H63N5O9.2CH2O/c1-31(2,3)45-22-16-33(7,8)37-47-24-26(25-48-38-34(9,10)17-23-46-32(4,5)6)44-21-11-12-27(40)35-18-19-36-28(41)15-20-39-29(42)13-14-30(39)43;2*1-2/h13-14,26,37-38H,11-12,15-25H2,1-10H3,(H,35,40)(H,36,41);2*1H2. The van der Waals surface area contributed by atoms with Crippen LogP contribution in [-0.4, -0.2) is 123 Å². The van der Waals surface area contributed by atoms with Crippen molar-refractivity contribution in [1.82, 2.24) is 26.5 Å². The Kier molecular flexibility index (Phi) is 26.1. The van der Waals surface area contributed by atoms with Crippen LogP contribution in [0.5, 0.6) is 0 Å². The van der Waals surface area contributed by atoms with Gasteiger partial charge in [0.2, 0.25) is 11.8 Å². The number of nitrogens with one attached hydrogen (secondary N) is 4. The molecule has 0 bridgehead atoms. The van der Waals surface area contributed by atoms with Crippen molar-refractivity contribution < 1.29 is 52.7 Å². The lowest BCUT2D eigenvalue weighted by molar-refractivity contribution is -0.137. The molecule has 0 saturated carbocycles. The van der Waals surface area contributed by atoms with Gasteiger partial charge in [0.15, 0.2) is 0 Å². The SMILES string of the molecule is C=O.C=O.CC(C)(CCOC(C)(C)C)NOCC(CONC(C)(C)CCOC(C)(C)C)OCCCC(=O)NCCNC(=O)CCN1C(=O)C=CC1=O. The fraction of sp³-hybridized carbons (Fsp3) is 0.778. The molecule has 0 aromatic rings. The van der Waals surface area contributed by atoms with Crippen LogP contribution in [0, 0.1) is 0 Å². The number of hydrogen-bond donors (Lipinski definition) is 4. The summed E-state index contributed by atoms with van der Waals surface area (Å²) in [5.41, 5.74) is 5.15. The molecule has 0 radical (unpaired) electrons. The molecule has 16 nitrogen and oxygen atoms in total. The molecule has 4 N–H and O–H groups in total. The summed E-state index contributed by atoms with van der Waals surface area (Å²) in [6.45, 7) is 26.7. The van der Waals surface area contributed by atoms with Crippen molar-refractivity contribution in [2.75, 3.05) is 52.7 Å². The van der Waals surface area contributed by atoms with E-state index in [1.54, 1.807) is 0 Å². The van der Waals surface area contributed by atoms with Crippen LogP contribution in [0.25, 0.3) is 0 Å². The zero-order valence-electron chi connectivity index (χ0n) is 33.3. The summed E-state index contributed by atoms with van der Waals surface area (Å²) >= 11 is 0. The van der Waals surface area contributed by atoms with Gasteiger partial charge in [-0.25, -0.2) is 0 Å². The third-order valence-corrected chi connectivity index (χ3v) is 6.89. The van der Waals surface area contributed by atoms with E-state index in [0.29, 0.717) is 26.2 Å². The van der Waals surface area contributed by atoms with Crippen molar-refractivity contribution in [3.05, 3.63) is 12.2 Å². The van der Waals surface area contributed by atoms with Crippen molar-refractivity contribution in [3.63, 3.8) is 0 Å². The van der Waals surface area contributed by atoms with E-state index in [9.17, 15) is 19.2 Å². The molecule has 1 heterocycles. The lowest BCUT2D eigenvalue weighted by Gasteiger charge is -2.30. The van der Waals surface area contributed by atoms with Crippen LogP contribution in [0.2, 0.25) is 0 Å². The molecular formula is C36H67N5O11. The quantitative estimate of drug-likeness (QED) is 0.0604. The zero-order valence-corrected chi connectivity index (χ0v) is 33.3. The zero-order chi connectivity index (χ0) is 40.4. The largest absolute Gasteiger partial charge is 0.376 e. The van der Waals surface area contributed by atoms with Crippen LogP contribution in [0.4, 0.5) is 0 Å². The second kappa shape index (κ2) is 26.6. The summed E-state index contributed by atoms with van der Waals surface area (Å²) in [5.74, 6) is -1.33. The van der Waals surface area contributed by atoms with Gasteiger partial charge in [0, 0.05) is 75.5 Å². The van der Waals surface area contributed by atoms with Crippen molar-refractivity contribution in [3.8, 4) is 0 Å². The van der Waals surface area contributed by atoms with Gasteiger partial charge >= 0.3 is 0 Å². The number of hydrogen-bond acceptors (Lipinski definition) is 13. The lowest BCUT2D eigenvalue weighted by atomic mass is 10.0. The van der Waals surface area contributed by atoms with Crippen LogP contribution in [0.1, 0.15) is 101 Å². The molecule has 0 fully saturated rings. The van der Waals surface area contributed by atoms with Crippen molar-refractivity contribution in [2.45, 2.75) is 130 Å². The minimum Gasteiger partial charge on any atom is -0.376 e. The van der Waals surface area contributed by atoms with Gasteiger partial charge in [0.1, 0.15) is 19.7 Å². The molecule has 1 aliphatic heterocycles. The topological polar surface area (TPSA) is 200 Å². The van der Waals surface area contributed by atoms with Gasteiger partial charge in [0.05, 0.1) is 24.4 Å². The number of carbonyl (C=O) groups is 6. The Balaban J connectivity index is 0. The first kappa shape index (κ1) is 51.0. The second-order valence-electron chi connectivity index (χ2n) is 15.2. The summed E-state index contributed by atoms with van der Waals surface area (Å²) in [6.07, 6.45) is 4.16. The molecule has 0 aromatic heterocycles. The first-order valence-electron chi connectivity index (χ1n) is 17.5. The first-order chi connectivity index (χ1) is 24.2. The fourth-order valence-electron chi connectivity index (χ4n) is 4.06. The highest BCUT2D eigenvalue weighted by Crippen LogP contribution is 2.15. The monoisotopic (exact) mass is 745 g/mol. The predicted molar refractivity (Wildman–Crippen MR) is 197 cm³/mol. The maximum Gasteiger partial charge on any atom is 0.253 e. The van der Waals surface area contributed by atoms with Crippen LogP contribution in [0.15, 0.2) is 12.2 Å². The van der Waals surface area contributed by atoms with Gasteiger partial charge in [-0.1, -0.05) is 0 Å². The molecule has 0 atom stereocenters. The van der Waals surface area contributed by atoms with E-state index in [1.807, 2.05) is 82.8 Å². The number of ether oxygens (including phenoxy) is 3. The Hall–Kier alpha value is -3.12. The smallest absolute Gasteiger partial charge is 0.253 e. The molecule has 1 aliphatic rings. The number of nitrogens with zero attached hydrogens (tertiary/aromatic N) is 1. The molecule has 16 heteroatoms. The van der Waals surface area contributed by atoms with Crippen LogP contribution < -0.4 is 21.6 Å². The van der Waals surface area contributed by atoms with Crippen molar-refractivity contribution in [2.24, 2.45) is 0 Å². The third-order valence-electron chi connectivity index (χ3n) is 6.89. The first-order valence-corrected chi connectivity index (χ1v) is 17.5. The van der Waals surface area contributed by atoms with Gasteiger partial charge in [-0.3, -0.25) is 33.8 Å². The number of imide groups is 1. The average Bonchev–Trinajstić information content (AvgIpc) is 3.36. The fourth-order valence-corrected chi connectivity index (χ4v) is 4.06. The van der Waals surface area contributed by atoms with Crippen LogP contribution in [0.3, 0.4) is 0 Å². The van der Waals surface area contributed by atoms with Crippen LogP contribution >= 0.6 is 0 Å². The molecule has 0 aromatic carbocycles. The molecule has 0 unspecified atom stereocenters. The van der Waals surface area contributed by atoms with Gasteiger partial charge in [-0.05, 0) is 88.5 Å². The lowest BCUT2D eigenvalue weighted by Crippen LogP contribution is -2.45. The molecule has 52 heavy (non-hydrogen) atoms. The Morgan fingerprint density at radius 3 is 1.48 bits per heavy atom. The van der Waals surface area contributed by atoms with E-state index in [-0.39, 0.29) is 79.8 Å². The Labute approximate surface area is 310 Å². The molecule has 4 amide bonds. The van der Waals surface area contributed by atoms with Crippen molar-refractivity contribution >= 4 is 37.2 Å². The molecule has 0 saturated heterocycles. The Morgan fingerprint density at radius 2 is 1.08 bits per heavy atom. The molecule has 0 spiro atoms. The number of rotatable bonds is 25. The Morgan fingerprint density at radius 1 is 0.673 bits per heavy atom. The normalized spacial score (nSPS) is 13.4. The molecule has 0 aliphatic carbocycles. The number of hydroxylamine groups is 2. The van der Waals surface area contributed by atoms with E-state index >= 15 is 0 Å². The van der Waals surface area contributed by atoms with E-state index in [4.69, 9.17) is 33.5 Å². The van der Waals surface area contributed by atoms with Gasteiger partial charge in [0.25, 0.3) is 11.8 Å². The highest BCUT2D eigenvalue weighted by atomic mass is 16.7. The van der Waals surface area contributed by atoms with Crippen LogP contribution in [-0.2, 0) is 52.7 Å². The highest BCUT2D eigenvalue weighted by Gasteiger charge is 2.25. The van der Waals surface area contributed by atoms with Gasteiger partial charge in [-0.15, -0.1) is 0 Å². The van der Waals surface area contributed by atoms with Gasteiger partial charge < -0.3 is 34.4 Å². The summed E-state index contributed by atoms with van der Waals surface area (Å²) in [5, 5.41) is 5.43. The number of carbonyl (C=O) groups excluding carboxylic acids is 6. The molecule has 1 rings (SSSR count). The highest BCUT2D eigenvalue weighted by molar-refractivity contribution is 6.13. The maximum atomic E-state index is 12.3. The van der Waals surface area contributed by atoms with Crippen molar-refractivity contribution in [1.29, 1.82) is 0 Å². The molecule has 302 valence electrons. The Bertz CT molecular complexity index is 1010. The second-order valence-corrected chi connectivity index (χ2v) is 15.2. The average molecular weight is 746 g/mol. The van der Waals surface area contributed by atoms with E-state index < -0.39 is 17.9 Å². The minimum atomic E-state index is -0.424.